The van der Waals surface area contributed by atoms with Crippen LogP contribution in [0.15, 0.2) is 18.3 Å². The summed E-state index contributed by atoms with van der Waals surface area (Å²) in [7, 11) is 1.58. The number of hydrogen-bond donors (Lipinski definition) is 1. The smallest absolute Gasteiger partial charge is 0.320 e. The molecule has 1 aliphatic rings. The lowest BCUT2D eigenvalue weighted by atomic mass is 10.1. The molecule has 0 amide bonds. The van der Waals surface area contributed by atoms with E-state index in [2.05, 4.69) is 4.98 Å². The fourth-order valence-electron chi connectivity index (χ4n) is 2.50. The van der Waals surface area contributed by atoms with E-state index in [1.54, 1.807) is 13.3 Å². The zero-order chi connectivity index (χ0) is 13.7. The second-order valence-electron chi connectivity index (χ2n) is 4.88. The molecule has 1 unspecified atom stereocenters. The van der Waals surface area contributed by atoms with Crippen molar-refractivity contribution in [2.45, 2.75) is 38.3 Å². The zero-order valence-corrected chi connectivity index (χ0v) is 11.2. The molecular weight excluding hydrogens is 244 g/mol. The van der Waals surface area contributed by atoms with Crippen molar-refractivity contribution in [2.75, 3.05) is 13.7 Å². The number of pyridine rings is 1. The summed E-state index contributed by atoms with van der Waals surface area (Å²) in [5.41, 5.74) is 1.02. The fraction of sp³-hybridized carbons (Fsp3) is 0.571. The number of carboxylic acid groups (broad SMARTS) is 1. The normalized spacial score (nSPS) is 20.8. The topological polar surface area (TPSA) is 62.7 Å². The van der Waals surface area contributed by atoms with Crippen molar-refractivity contribution in [2.24, 2.45) is 0 Å². The summed E-state index contributed by atoms with van der Waals surface area (Å²) in [6.07, 6.45) is 5.66. The van der Waals surface area contributed by atoms with Gasteiger partial charge >= 0.3 is 5.97 Å². The molecule has 1 saturated heterocycles. The average Bonchev–Trinajstić information content (AvgIpc) is 2.65. The Kier molecular flexibility index (Phi) is 4.74. The Bertz CT molecular complexity index is 419. The Morgan fingerprint density at radius 3 is 2.95 bits per heavy atom. The lowest BCUT2D eigenvalue weighted by Crippen LogP contribution is -2.40. The van der Waals surface area contributed by atoms with E-state index in [0.717, 1.165) is 37.8 Å². The standard InChI is InChI=1S/C14H20N2O3/c1-19-13-7-6-11(9-15-13)10-16-8-4-2-3-5-12(16)14(17)18/h6-7,9,12H,2-5,8,10H2,1H3,(H,17,18). The van der Waals surface area contributed by atoms with Crippen molar-refractivity contribution in [1.82, 2.24) is 9.88 Å². The highest BCUT2D eigenvalue weighted by molar-refractivity contribution is 5.73. The van der Waals surface area contributed by atoms with E-state index in [0.29, 0.717) is 12.4 Å². The van der Waals surface area contributed by atoms with E-state index in [-0.39, 0.29) is 6.04 Å². The SMILES string of the molecule is COc1ccc(CN2CCCCCC2C(=O)O)cn1. The summed E-state index contributed by atoms with van der Waals surface area (Å²) >= 11 is 0. The van der Waals surface area contributed by atoms with Crippen LogP contribution >= 0.6 is 0 Å². The number of carbonyl (C=O) groups is 1. The molecule has 0 radical (unpaired) electrons. The van der Waals surface area contributed by atoms with Gasteiger partial charge in [0.25, 0.3) is 0 Å². The number of rotatable bonds is 4. The van der Waals surface area contributed by atoms with Crippen molar-refractivity contribution in [1.29, 1.82) is 0 Å². The van der Waals surface area contributed by atoms with Gasteiger partial charge in [-0.25, -0.2) is 4.98 Å². The fourth-order valence-corrected chi connectivity index (χ4v) is 2.50. The molecule has 0 aliphatic carbocycles. The van der Waals surface area contributed by atoms with Crippen LogP contribution in [0.3, 0.4) is 0 Å². The van der Waals surface area contributed by atoms with Crippen LogP contribution < -0.4 is 4.74 Å². The van der Waals surface area contributed by atoms with E-state index >= 15 is 0 Å². The minimum absolute atomic E-state index is 0.371. The van der Waals surface area contributed by atoms with Crippen molar-refractivity contribution in [3.8, 4) is 5.88 Å². The first-order chi connectivity index (χ1) is 9.20. The Labute approximate surface area is 113 Å². The van der Waals surface area contributed by atoms with Crippen LogP contribution in [0.1, 0.15) is 31.2 Å². The molecule has 0 bridgehead atoms. The number of hydrogen-bond acceptors (Lipinski definition) is 4. The quantitative estimate of drug-likeness (QED) is 0.900. The molecule has 1 fully saturated rings. The Morgan fingerprint density at radius 2 is 2.32 bits per heavy atom. The van der Waals surface area contributed by atoms with Crippen LogP contribution in [-0.2, 0) is 11.3 Å². The van der Waals surface area contributed by atoms with Gasteiger partial charge in [-0.15, -0.1) is 0 Å². The largest absolute Gasteiger partial charge is 0.481 e. The molecule has 104 valence electrons. The molecule has 1 aromatic rings. The predicted molar refractivity (Wildman–Crippen MR) is 71.1 cm³/mol. The van der Waals surface area contributed by atoms with Crippen molar-refractivity contribution < 1.29 is 14.6 Å². The number of methoxy groups -OCH3 is 1. The molecule has 5 nitrogen and oxygen atoms in total. The van der Waals surface area contributed by atoms with Gasteiger partial charge in [-0.05, 0) is 24.9 Å². The van der Waals surface area contributed by atoms with Crippen LogP contribution in [0.5, 0.6) is 5.88 Å². The summed E-state index contributed by atoms with van der Waals surface area (Å²) in [4.78, 5) is 17.5. The van der Waals surface area contributed by atoms with E-state index in [1.165, 1.54) is 0 Å². The second-order valence-corrected chi connectivity index (χ2v) is 4.88. The van der Waals surface area contributed by atoms with Gasteiger partial charge in [-0.1, -0.05) is 18.9 Å². The molecule has 5 heteroatoms. The third kappa shape index (κ3) is 3.67. The Balaban J connectivity index is 2.06. The minimum atomic E-state index is -0.719. The third-order valence-corrected chi connectivity index (χ3v) is 3.54. The van der Waals surface area contributed by atoms with Gasteiger partial charge in [-0.3, -0.25) is 9.69 Å². The first-order valence-electron chi connectivity index (χ1n) is 6.66. The molecule has 19 heavy (non-hydrogen) atoms. The predicted octanol–water partition coefficient (Wildman–Crippen LogP) is 1.92. The zero-order valence-electron chi connectivity index (χ0n) is 11.2. The molecule has 0 aromatic carbocycles. The van der Waals surface area contributed by atoms with Crippen molar-refractivity contribution >= 4 is 5.97 Å². The third-order valence-electron chi connectivity index (χ3n) is 3.54. The molecule has 1 aliphatic heterocycles. The maximum absolute atomic E-state index is 11.3. The van der Waals surface area contributed by atoms with Gasteiger partial charge in [0, 0.05) is 18.8 Å². The molecule has 2 heterocycles. The van der Waals surface area contributed by atoms with Crippen molar-refractivity contribution in [3.05, 3.63) is 23.9 Å². The van der Waals surface area contributed by atoms with Gasteiger partial charge in [0.15, 0.2) is 0 Å². The number of aromatic nitrogens is 1. The summed E-state index contributed by atoms with van der Waals surface area (Å²) in [6, 6.07) is 3.38. The average molecular weight is 264 g/mol. The van der Waals surface area contributed by atoms with Crippen LogP contribution in [0.4, 0.5) is 0 Å². The number of aliphatic carboxylic acids is 1. The minimum Gasteiger partial charge on any atom is -0.481 e. The number of nitrogens with zero attached hydrogens (tertiary/aromatic N) is 2. The van der Waals surface area contributed by atoms with Gasteiger partial charge in [-0.2, -0.15) is 0 Å². The maximum atomic E-state index is 11.3. The molecular formula is C14H20N2O3. The van der Waals surface area contributed by atoms with E-state index in [4.69, 9.17) is 4.74 Å². The number of ether oxygens (including phenoxy) is 1. The highest BCUT2D eigenvalue weighted by Crippen LogP contribution is 2.20. The summed E-state index contributed by atoms with van der Waals surface area (Å²) < 4.78 is 5.02. The van der Waals surface area contributed by atoms with Crippen LogP contribution in [0, 0.1) is 0 Å². The van der Waals surface area contributed by atoms with Crippen LogP contribution in [0.25, 0.3) is 0 Å². The second kappa shape index (κ2) is 6.52. The number of carboxylic acids is 1. The first kappa shape index (κ1) is 13.8. The Hall–Kier alpha value is -1.62. The van der Waals surface area contributed by atoms with Crippen LogP contribution in [-0.4, -0.2) is 40.7 Å². The van der Waals surface area contributed by atoms with E-state index in [1.807, 2.05) is 17.0 Å². The molecule has 0 spiro atoms. The Morgan fingerprint density at radius 1 is 1.47 bits per heavy atom. The molecule has 1 atom stereocenters. The van der Waals surface area contributed by atoms with Gasteiger partial charge < -0.3 is 9.84 Å². The first-order valence-corrected chi connectivity index (χ1v) is 6.66. The highest BCUT2D eigenvalue weighted by Gasteiger charge is 2.26. The van der Waals surface area contributed by atoms with E-state index < -0.39 is 5.97 Å². The summed E-state index contributed by atoms with van der Waals surface area (Å²) in [5, 5.41) is 9.32. The lowest BCUT2D eigenvalue weighted by Gasteiger charge is -2.26. The summed E-state index contributed by atoms with van der Waals surface area (Å²) in [6.45, 7) is 1.47. The molecule has 1 N–H and O–H groups in total. The van der Waals surface area contributed by atoms with Crippen molar-refractivity contribution in [3.63, 3.8) is 0 Å². The van der Waals surface area contributed by atoms with Gasteiger partial charge in [0.1, 0.15) is 6.04 Å². The maximum Gasteiger partial charge on any atom is 0.320 e. The van der Waals surface area contributed by atoms with Gasteiger partial charge in [0.05, 0.1) is 7.11 Å². The molecule has 0 saturated carbocycles. The lowest BCUT2D eigenvalue weighted by molar-refractivity contribution is -0.143. The van der Waals surface area contributed by atoms with E-state index in [9.17, 15) is 9.90 Å². The monoisotopic (exact) mass is 264 g/mol. The van der Waals surface area contributed by atoms with Crippen LogP contribution in [0.2, 0.25) is 0 Å². The highest BCUT2D eigenvalue weighted by atomic mass is 16.5. The molecule has 1 aromatic heterocycles. The summed E-state index contributed by atoms with van der Waals surface area (Å²) in [5.74, 6) is -0.141. The number of likely N-dealkylation sites (tertiary alicyclic amines) is 1. The molecule has 2 rings (SSSR count). The van der Waals surface area contributed by atoms with Gasteiger partial charge in [0.2, 0.25) is 5.88 Å².